The van der Waals surface area contributed by atoms with Crippen LogP contribution in [0.25, 0.3) is 5.76 Å². The minimum atomic E-state index is -2.58. The van der Waals surface area contributed by atoms with E-state index in [0.717, 1.165) is 0 Å². The highest BCUT2D eigenvalue weighted by molar-refractivity contribution is 6.21. The summed E-state index contributed by atoms with van der Waals surface area (Å²) in [6.07, 6.45) is -2.14. The first kappa shape index (κ1) is 24.6. The van der Waals surface area contributed by atoms with Gasteiger partial charge in [-0.3, -0.25) is 14.4 Å². The first-order chi connectivity index (χ1) is 16.4. The predicted octanol–water partition coefficient (Wildman–Crippen LogP) is 1.73. The van der Waals surface area contributed by atoms with Crippen LogP contribution in [0, 0.1) is 17.8 Å². The average Bonchev–Trinajstić information content (AvgIpc) is 2.73. The number of phenolic OH excluding ortho intramolecular Hbond substituents is 1. The molecule has 1 fully saturated rings. The quantitative estimate of drug-likeness (QED) is 0.377. The first-order valence-corrected chi connectivity index (χ1v) is 11.2. The third-order valence-electron chi connectivity index (χ3n) is 7.04. The molecule has 1 aromatic carbocycles. The van der Waals surface area contributed by atoms with Gasteiger partial charge in [-0.15, -0.1) is 0 Å². The van der Waals surface area contributed by atoms with Gasteiger partial charge in [0.05, 0.1) is 18.0 Å². The van der Waals surface area contributed by atoms with Crippen molar-refractivity contribution in [2.45, 2.75) is 32.2 Å². The van der Waals surface area contributed by atoms with Crippen LogP contribution in [0.15, 0.2) is 23.0 Å². The van der Waals surface area contributed by atoms with Crippen molar-refractivity contribution in [2.24, 2.45) is 23.5 Å². The fourth-order valence-electron chi connectivity index (χ4n) is 5.59. The lowest BCUT2D eigenvalue weighted by Crippen LogP contribution is -2.44. The zero-order valence-corrected chi connectivity index (χ0v) is 19.3. The van der Waals surface area contributed by atoms with Crippen molar-refractivity contribution in [2.75, 3.05) is 25.5 Å². The molecule has 11 heteroatoms. The zero-order valence-electron chi connectivity index (χ0n) is 19.3. The largest absolute Gasteiger partial charge is 0.511 e. The summed E-state index contributed by atoms with van der Waals surface area (Å²) < 4.78 is 25.2. The van der Waals surface area contributed by atoms with Gasteiger partial charge in [0, 0.05) is 43.9 Å². The van der Waals surface area contributed by atoms with Crippen LogP contribution >= 0.6 is 0 Å². The number of primary amides is 1. The Balaban J connectivity index is 1.84. The number of ketones is 2. The topological polar surface area (TPSA) is 153 Å². The van der Waals surface area contributed by atoms with Crippen molar-refractivity contribution >= 4 is 28.9 Å². The molecule has 0 spiro atoms. The molecule has 3 unspecified atom stereocenters. The predicted molar refractivity (Wildman–Crippen MR) is 122 cm³/mol. The van der Waals surface area contributed by atoms with Gasteiger partial charge in [0.2, 0.25) is 0 Å². The third-order valence-corrected chi connectivity index (χ3v) is 7.04. The number of allylic oxidation sites excluding steroid dienone is 2. The molecular formula is C24H27F2N3O6. The maximum absolute atomic E-state index is 13.5. The Bertz CT molecular complexity index is 1190. The number of Topliss-reactive ketones (excluding diaryl/α,β-unsaturated/α-hetero) is 2. The fraction of sp³-hybridized carbons (Fsp3) is 0.458. The standard InChI is InChI=1S/C24H27F2N3O6/c1-29(2)13-5-11(7-28-8-15(25)26)20(31)18-12(13)4-9-3-10-6-14(30)19(24(27)35)23(34)17(10)21(32)16(9)22(18)33/h5,9-10,15,17,28,31,33-34H,3-4,6-8H2,1-2H3,(H2,27,35). The molecule has 0 bridgehead atoms. The van der Waals surface area contributed by atoms with Gasteiger partial charge in [0.1, 0.15) is 22.8 Å². The summed E-state index contributed by atoms with van der Waals surface area (Å²) in [6.45, 7) is -0.681. The van der Waals surface area contributed by atoms with Crippen LogP contribution in [0.1, 0.15) is 29.5 Å². The van der Waals surface area contributed by atoms with Crippen LogP contribution < -0.4 is 16.0 Å². The van der Waals surface area contributed by atoms with E-state index in [9.17, 15) is 38.5 Å². The third kappa shape index (κ3) is 4.03. The Morgan fingerprint density at radius 3 is 2.51 bits per heavy atom. The molecule has 1 saturated carbocycles. The van der Waals surface area contributed by atoms with E-state index in [1.807, 2.05) is 0 Å². The molecule has 4 rings (SSSR count). The molecule has 6 N–H and O–H groups in total. The summed E-state index contributed by atoms with van der Waals surface area (Å²) in [7, 11) is 3.52. The summed E-state index contributed by atoms with van der Waals surface area (Å²) in [6, 6.07) is 1.65. The van der Waals surface area contributed by atoms with Crippen molar-refractivity contribution in [3.05, 3.63) is 39.7 Å². The molecule has 1 aromatic rings. The average molecular weight is 491 g/mol. The normalized spacial score (nSPS) is 23.9. The van der Waals surface area contributed by atoms with Crippen LogP contribution in [-0.2, 0) is 27.3 Å². The van der Waals surface area contributed by atoms with Crippen LogP contribution in [0.5, 0.6) is 5.75 Å². The molecule has 1 amide bonds. The number of carbonyl (C=O) groups is 3. The number of hydrogen-bond donors (Lipinski definition) is 5. The molecule has 3 aliphatic carbocycles. The molecule has 188 valence electrons. The number of halogens is 2. The van der Waals surface area contributed by atoms with Crippen LogP contribution in [-0.4, -0.2) is 59.9 Å². The Kier molecular flexibility index (Phi) is 6.31. The lowest BCUT2D eigenvalue weighted by molar-refractivity contribution is -0.127. The summed E-state index contributed by atoms with van der Waals surface area (Å²) >= 11 is 0. The second kappa shape index (κ2) is 8.95. The number of amides is 1. The first-order valence-electron chi connectivity index (χ1n) is 11.2. The Hall–Kier alpha value is -3.47. The van der Waals surface area contributed by atoms with Gasteiger partial charge in [-0.05, 0) is 36.3 Å². The second-order valence-corrected chi connectivity index (χ2v) is 9.43. The SMILES string of the molecule is CN(C)c1cc(CNCC(F)F)c(O)c2c1CC1CC3CC(=O)C(C(N)=O)=C(O)C3C(=O)C1=C2O. The second-order valence-electron chi connectivity index (χ2n) is 9.43. The van der Waals surface area contributed by atoms with E-state index in [1.165, 1.54) is 0 Å². The van der Waals surface area contributed by atoms with E-state index in [0.29, 0.717) is 17.7 Å². The number of aliphatic hydroxyl groups is 2. The highest BCUT2D eigenvalue weighted by Gasteiger charge is 2.51. The summed E-state index contributed by atoms with van der Waals surface area (Å²) in [5.74, 6) is -6.09. The number of anilines is 1. The number of nitrogens with one attached hydrogen (secondary N) is 1. The fourth-order valence-corrected chi connectivity index (χ4v) is 5.59. The molecule has 35 heavy (non-hydrogen) atoms. The van der Waals surface area contributed by atoms with E-state index < -0.39 is 65.3 Å². The van der Waals surface area contributed by atoms with E-state index in [-0.39, 0.29) is 41.8 Å². The smallest absolute Gasteiger partial charge is 0.255 e. The molecule has 0 saturated heterocycles. The van der Waals surface area contributed by atoms with Crippen molar-refractivity contribution in [3.63, 3.8) is 0 Å². The number of nitrogens with two attached hydrogens (primary N) is 1. The van der Waals surface area contributed by atoms with Crippen molar-refractivity contribution in [1.82, 2.24) is 5.32 Å². The molecule has 3 aliphatic rings. The monoisotopic (exact) mass is 491 g/mol. The number of carbonyl (C=O) groups excluding carboxylic acids is 3. The minimum Gasteiger partial charge on any atom is -0.511 e. The molecule has 0 aromatic heterocycles. The summed E-state index contributed by atoms with van der Waals surface area (Å²) in [4.78, 5) is 39.4. The molecule has 9 nitrogen and oxygen atoms in total. The molecule has 3 atom stereocenters. The number of aromatic hydroxyl groups is 1. The van der Waals surface area contributed by atoms with Gasteiger partial charge < -0.3 is 31.3 Å². The van der Waals surface area contributed by atoms with E-state index >= 15 is 0 Å². The maximum Gasteiger partial charge on any atom is 0.255 e. The van der Waals surface area contributed by atoms with Crippen molar-refractivity contribution < 1.29 is 38.5 Å². The van der Waals surface area contributed by atoms with Crippen LogP contribution in [0.2, 0.25) is 0 Å². The highest BCUT2D eigenvalue weighted by Crippen LogP contribution is 2.52. The van der Waals surface area contributed by atoms with E-state index in [1.54, 1.807) is 25.1 Å². The molecule has 0 radical (unpaired) electrons. The number of alkyl halides is 2. The van der Waals surface area contributed by atoms with E-state index in [4.69, 9.17) is 5.73 Å². The number of fused-ring (bicyclic) bond motifs is 3. The number of nitrogens with zero attached hydrogens (tertiary/aromatic N) is 1. The Morgan fingerprint density at radius 2 is 1.91 bits per heavy atom. The number of rotatable bonds is 6. The lowest BCUT2D eigenvalue weighted by atomic mass is 9.61. The number of benzene rings is 1. The number of hydrogen-bond acceptors (Lipinski definition) is 8. The number of aliphatic hydroxyl groups excluding tert-OH is 2. The van der Waals surface area contributed by atoms with Crippen LogP contribution in [0.4, 0.5) is 14.5 Å². The van der Waals surface area contributed by atoms with Gasteiger partial charge in [0.15, 0.2) is 11.6 Å². The lowest BCUT2D eigenvalue weighted by Gasteiger charge is -2.41. The molecule has 0 heterocycles. The zero-order chi connectivity index (χ0) is 25.8. The summed E-state index contributed by atoms with van der Waals surface area (Å²) in [5.41, 5.74) is 6.17. The molecule has 0 aliphatic heterocycles. The number of phenols is 1. The van der Waals surface area contributed by atoms with Crippen molar-refractivity contribution in [1.29, 1.82) is 0 Å². The Labute approximate surface area is 199 Å². The summed E-state index contributed by atoms with van der Waals surface area (Å²) in [5, 5.41) is 35.4. The van der Waals surface area contributed by atoms with Gasteiger partial charge in [-0.2, -0.15) is 0 Å². The van der Waals surface area contributed by atoms with Gasteiger partial charge >= 0.3 is 0 Å². The highest BCUT2D eigenvalue weighted by atomic mass is 19.3. The van der Waals surface area contributed by atoms with Gasteiger partial charge in [0.25, 0.3) is 12.3 Å². The maximum atomic E-state index is 13.5. The molecular weight excluding hydrogens is 464 g/mol. The van der Waals surface area contributed by atoms with Gasteiger partial charge in [-0.1, -0.05) is 0 Å². The minimum absolute atomic E-state index is 0.00108. The van der Waals surface area contributed by atoms with Crippen LogP contribution in [0.3, 0.4) is 0 Å². The van der Waals surface area contributed by atoms with Crippen molar-refractivity contribution in [3.8, 4) is 5.75 Å². The van der Waals surface area contributed by atoms with E-state index in [2.05, 4.69) is 5.32 Å². The van der Waals surface area contributed by atoms with Gasteiger partial charge in [-0.25, -0.2) is 8.78 Å². The Morgan fingerprint density at radius 1 is 1.23 bits per heavy atom.